The molecule has 3 rings (SSSR count). The van der Waals surface area contributed by atoms with Crippen LogP contribution in [0.1, 0.15) is 16.7 Å². The van der Waals surface area contributed by atoms with Gasteiger partial charge in [0.15, 0.2) is 11.5 Å². The second-order valence-corrected chi connectivity index (χ2v) is 5.05. The first kappa shape index (κ1) is 13.5. The fourth-order valence-electron chi connectivity index (χ4n) is 2.68. The van der Waals surface area contributed by atoms with Gasteiger partial charge in [-0.25, -0.2) is 0 Å². The first-order valence-corrected chi connectivity index (χ1v) is 6.85. The summed E-state index contributed by atoms with van der Waals surface area (Å²) in [6.45, 7) is 1.47. The fourth-order valence-corrected chi connectivity index (χ4v) is 2.68. The van der Waals surface area contributed by atoms with Crippen molar-refractivity contribution in [1.29, 1.82) is 5.41 Å². The SMILES string of the molecule is COc1ccc(CN2Cc3ccccc3C2=N)cc1OC. The summed E-state index contributed by atoms with van der Waals surface area (Å²) < 4.78 is 10.6. The normalized spacial score (nSPS) is 13.2. The van der Waals surface area contributed by atoms with Gasteiger partial charge in [0.2, 0.25) is 0 Å². The minimum absolute atomic E-state index is 0.584. The first-order valence-electron chi connectivity index (χ1n) is 6.85. The van der Waals surface area contributed by atoms with Gasteiger partial charge in [-0.05, 0) is 23.3 Å². The summed E-state index contributed by atoms with van der Waals surface area (Å²) in [5.41, 5.74) is 3.34. The van der Waals surface area contributed by atoms with E-state index in [9.17, 15) is 0 Å². The Bertz CT molecular complexity index is 682. The van der Waals surface area contributed by atoms with E-state index in [1.165, 1.54) is 5.56 Å². The molecule has 0 amide bonds. The predicted molar refractivity (Wildman–Crippen MR) is 82.1 cm³/mol. The van der Waals surface area contributed by atoms with E-state index in [4.69, 9.17) is 14.9 Å². The number of ether oxygens (including phenoxy) is 2. The summed E-state index contributed by atoms with van der Waals surface area (Å²) in [4.78, 5) is 2.06. The highest BCUT2D eigenvalue weighted by Gasteiger charge is 2.23. The fraction of sp³-hybridized carbons (Fsp3) is 0.235. The van der Waals surface area contributed by atoms with Crippen LogP contribution >= 0.6 is 0 Å². The molecule has 0 saturated carbocycles. The van der Waals surface area contributed by atoms with Crippen LogP contribution in [0.3, 0.4) is 0 Å². The molecule has 21 heavy (non-hydrogen) atoms. The molecule has 1 N–H and O–H groups in total. The van der Waals surface area contributed by atoms with Gasteiger partial charge in [0, 0.05) is 18.7 Å². The van der Waals surface area contributed by atoms with E-state index in [0.717, 1.165) is 29.2 Å². The van der Waals surface area contributed by atoms with Crippen LogP contribution in [0.25, 0.3) is 0 Å². The largest absolute Gasteiger partial charge is 0.493 e. The number of rotatable bonds is 4. The molecule has 0 aliphatic carbocycles. The Balaban J connectivity index is 1.81. The molecular formula is C17H18N2O2. The van der Waals surface area contributed by atoms with Gasteiger partial charge in [0.25, 0.3) is 0 Å². The number of fused-ring (bicyclic) bond motifs is 1. The lowest BCUT2D eigenvalue weighted by Gasteiger charge is -2.19. The summed E-state index contributed by atoms with van der Waals surface area (Å²) in [5.74, 6) is 2.03. The summed E-state index contributed by atoms with van der Waals surface area (Å²) >= 11 is 0. The van der Waals surface area contributed by atoms with Crippen molar-refractivity contribution in [2.24, 2.45) is 0 Å². The Morgan fingerprint density at radius 2 is 1.81 bits per heavy atom. The molecule has 0 saturated heterocycles. The molecule has 108 valence electrons. The van der Waals surface area contributed by atoms with Crippen molar-refractivity contribution in [1.82, 2.24) is 4.90 Å². The van der Waals surface area contributed by atoms with E-state index in [1.54, 1.807) is 14.2 Å². The number of amidine groups is 1. The van der Waals surface area contributed by atoms with Gasteiger partial charge in [-0.15, -0.1) is 0 Å². The predicted octanol–water partition coefficient (Wildman–Crippen LogP) is 3.04. The van der Waals surface area contributed by atoms with Gasteiger partial charge in [-0.3, -0.25) is 5.41 Å². The zero-order chi connectivity index (χ0) is 14.8. The molecule has 0 unspecified atom stereocenters. The van der Waals surface area contributed by atoms with Crippen LogP contribution in [0.2, 0.25) is 0 Å². The highest BCUT2D eigenvalue weighted by Crippen LogP contribution is 2.30. The van der Waals surface area contributed by atoms with E-state index < -0.39 is 0 Å². The van der Waals surface area contributed by atoms with Gasteiger partial charge in [0.1, 0.15) is 5.84 Å². The van der Waals surface area contributed by atoms with Gasteiger partial charge in [-0.2, -0.15) is 0 Å². The molecule has 2 aromatic carbocycles. The van der Waals surface area contributed by atoms with E-state index in [1.807, 2.05) is 36.4 Å². The van der Waals surface area contributed by atoms with Crippen molar-refractivity contribution in [2.45, 2.75) is 13.1 Å². The van der Waals surface area contributed by atoms with E-state index >= 15 is 0 Å². The Hall–Kier alpha value is -2.49. The zero-order valence-corrected chi connectivity index (χ0v) is 12.2. The molecule has 2 aromatic rings. The third-order valence-corrected chi connectivity index (χ3v) is 3.77. The molecule has 0 atom stereocenters. The van der Waals surface area contributed by atoms with Crippen molar-refractivity contribution in [3.63, 3.8) is 0 Å². The highest BCUT2D eigenvalue weighted by molar-refractivity contribution is 6.00. The van der Waals surface area contributed by atoms with Crippen LogP contribution in [0.15, 0.2) is 42.5 Å². The van der Waals surface area contributed by atoms with Gasteiger partial charge < -0.3 is 14.4 Å². The summed E-state index contributed by atoms with van der Waals surface area (Å²) in [5, 5.41) is 8.28. The Morgan fingerprint density at radius 1 is 1.05 bits per heavy atom. The molecule has 1 aliphatic heterocycles. The maximum absolute atomic E-state index is 8.28. The van der Waals surface area contributed by atoms with Gasteiger partial charge in [-0.1, -0.05) is 30.3 Å². The van der Waals surface area contributed by atoms with Crippen molar-refractivity contribution in [3.8, 4) is 11.5 Å². The minimum Gasteiger partial charge on any atom is -0.493 e. The lowest BCUT2D eigenvalue weighted by molar-refractivity contribution is 0.353. The second kappa shape index (κ2) is 5.48. The average molecular weight is 282 g/mol. The molecule has 0 spiro atoms. The number of benzene rings is 2. The number of hydrogen-bond donors (Lipinski definition) is 1. The molecular weight excluding hydrogens is 264 g/mol. The summed E-state index contributed by atoms with van der Waals surface area (Å²) in [6.07, 6.45) is 0. The number of nitrogens with one attached hydrogen (secondary N) is 1. The topological polar surface area (TPSA) is 45.5 Å². The van der Waals surface area contributed by atoms with E-state index in [-0.39, 0.29) is 0 Å². The third-order valence-electron chi connectivity index (χ3n) is 3.77. The lowest BCUT2D eigenvalue weighted by atomic mass is 10.1. The van der Waals surface area contributed by atoms with Crippen LogP contribution in [-0.2, 0) is 13.1 Å². The molecule has 0 bridgehead atoms. The number of nitrogens with zero attached hydrogens (tertiary/aromatic N) is 1. The van der Waals surface area contributed by atoms with Crippen molar-refractivity contribution < 1.29 is 9.47 Å². The van der Waals surface area contributed by atoms with Crippen LogP contribution in [0.4, 0.5) is 0 Å². The number of methoxy groups -OCH3 is 2. The smallest absolute Gasteiger partial charge is 0.161 e. The molecule has 4 heteroatoms. The third kappa shape index (κ3) is 2.44. The van der Waals surface area contributed by atoms with Crippen LogP contribution in [-0.4, -0.2) is 25.0 Å². The van der Waals surface area contributed by atoms with Gasteiger partial charge in [0.05, 0.1) is 14.2 Å². The van der Waals surface area contributed by atoms with Crippen LogP contribution < -0.4 is 9.47 Å². The van der Waals surface area contributed by atoms with Crippen LogP contribution in [0.5, 0.6) is 11.5 Å². The van der Waals surface area contributed by atoms with E-state index in [2.05, 4.69) is 11.0 Å². The molecule has 0 aromatic heterocycles. The highest BCUT2D eigenvalue weighted by atomic mass is 16.5. The van der Waals surface area contributed by atoms with E-state index in [0.29, 0.717) is 12.4 Å². The van der Waals surface area contributed by atoms with Crippen LogP contribution in [0, 0.1) is 5.41 Å². The lowest BCUT2D eigenvalue weighted by Crippen LogP contribution is -2.23. The van der Waals surface area contributed by atoms with Crippen molar-refractivity contribution in [2.75, 3.05) is 14.2 Å². The summed E-state index contributed by atoms with van der Waals surface area (Å²) in [6, 6.07) is 14.0. The molecule has 1 aliphatic rings. The molecule has 4 nitrogen and oxygen atoms in total. The van der Waals surface area contributed by atoms with Crippen molar-refractivity contribution >= 4 is 5.84 Å². The second-order valence-electron chi connectivity index (χ2n) is 5.05. The minimum atomic E-state index is 0.584. The Labute approximate surface area is 124 Å². The first-order chi connectivity index (χ1) is 10.2. The van der Waals surface area contributed by atoms with Crippen molar-refractivity contribution in [3.05, 3.63) is 59.2 Å². The monoisotopic (exact) mass is 282 g/mol. The Kier molecular flexibility index (Phi) is 3.52. The average Bonchev–Trinajstić information content (AvgIpc) is 2.84. The molecule has 0 fully saturated rings. The zero-order valence-electron chi connectivity index (χ0n) is 12.2. The standard InChI is InChI=1S/C17H18N2O2/c1-20-15-8-7-12(9-16(15)21-2)10-19-11-13-5-3-4-6-14(13)17(19)18/h3-9,18H,10-11H2,1-2H3. The maximum Gasteiger partial charge on any atom is 0.161 e. The van der Waals surface area contributed by atoms with Gasteiger partial charge >= 0.3 is 0 Å². The maximum atomic E-state index is 8.28. The summed E-state index contributed by atoms with van der Waals surface area (Å²) in [7, 11) is 3.26. The molecule has 1 heterocycles. The quantitative estimate of drug-likeness (QED) is 0.937. The Morgan fingerprint density at radius 3 is 2.52 bits per heavy atom. The number of hydrogen-bond acceptors (Lipinski definition) is 3. The molecule has 0 radical (unpaired) electrons.